The van der Waals surface area contributed by atoms with E-state index in [1.165, 1.54) is 0 Å². The van der Waals surface area contributed by atoms with Crippen molar-refractivity contribution in [2.24, 2.45) is 59.0 Å². The van der Waals surface area contributed by atoms with Crippen molar-refractivity contribution < 1.29 is 29.4 Å². The summed E-state index contributed by atoms with van der Waals surface area (Å²) in [6.07, 6.45) is 1.62. The second-order valence-corrected chi connectivity index (χ2v) is 11.9. The summed E-state index contributed by atoms with van der Waals surface area (Å²) < 4.78 is 0. The first-order chi connectivity index (χ1) is 16.5. The van der Waals surface area contributed by atoms with Crippen LogP contribution < -0.4 is 27.0 Å². The molecule has 0 aromatic heterocycles. The van der Waals surface area contributed by atoms with Crippen molar-refractivity contribution in [1.29, 1.82) is 0 Å². The molecule has 0 aromatic carbocycles. The van der Waals surface area contributed by atoms with Crippen LogP contribution in [0, 0.1) is 53.3 Å². The van der Waals surface area contributed by atoms with Crippen LogP contribution in [0.2, 0.25) is 0 Å². The van der Waals surface area contributed by atoms with Gasteiger partial charge in [0.1, 0.15) is 29.4 Å². The Kier molecular flexibility index (Phi) is 4.74. The summed E-state index contributed by atoms with van der Waals surface area (Å²) in [5.41, 5.74) is 3.43. The van der Waals surface area contributed by atoms with Gasteiger partial charge in [0.15, 0.2) is 0 Å². The van der Waals surface area contributed by atoms with Crippen LogP contribution in [0.25, 0.3) is 0 Å². The molecule has 2 heterocycles. The van der Waals surface area contributed by atoms with Crippen LogP contribution in [0.15, 0.2) is 0 Å². The Morgan fingerprint density at radius 3 is 2.37 bits per heavy atom. The number of amides is 4. The minimum atomic E-state index is -1.30. The molecule has 11 heteroatoms. The molecule has 5 saturated carbocycles. The monoisotopic (exact) mass is 489 g/mol. The molecule has 10 unspecified atom stereocenters. The van der Waals surface area contributed by atoms with E-state index in [0.717, 1.165) is 6.42 Å². The van der Waals surface area contributed by atoms with E-state index < -0.39 is 53.7 Å². The van der Waals surface area contributed by atoms with Crippen LogP contribution in [0.1, 0.15) is 33.6 Å². The van der Waals surface area contributed by atoms with Gasteiger partial charge in [-0.3, -0.25) is 19.2 Å². The Bertz CT molecular complexity index is 1020. The van der Waals surface area contributed by atoms with E-state index >= 15 is 0 Å². The maximum atomic E-state index is 13.4. The number of aliphatic hydroxyl groups excluding tert-OH is 1. The van der Waals surface area contributed by atoms with Gasteiger partial charge in [-0.05, 0) is 42.9 Å². The number of fused-ring (bicyclic) bond motifs is 1. The first-order valence-corrected chi connectivity index (χ1v) is 12.9. The lowest BCUT2D eigenvalue weighted by molar-refractivity contribution is -0.214. The van der Waals surface area contributed by atoms with E-state index in [2.05, 4.69) is 21.3 Å². The fourth-order valence-electron chi connectivity index (χ4n) is 9.35. The molecule has 0 spiro atoms. The van der Waals surface area contributed by atoms with Crippen LogP contribution in [0.4, 0.5) is 0 Å². The van der Waals surface area contributed by atoms with Crippen LogP contribution in [0.5, 0.6) is 0 Å². The lowest BCUT2D eigenvalue weighted by Gasteiger charge is -2.63. The minimum absolute atomic E-state index is 0.0270. The third-order valence-corrected chi connectivity index (χ3v) is 10.7. The standard InChI is InChI=1S/C24H35N5O6/c1-4-7(2)18(27-20(32)11(25)6-30)21(33)26-8(3)19(31)28-24-15-10-5-9-12-13(10)17(24)16(12)23(35,14(9)15)22(34)29-24/h7-18,30,35H,4-6,25H2,1-3H3,(H,26,33)(H,27,32)(H,28,31)(H,29,34)/t7-,8-,9?,10?,11-,12?,13?,14?,15?,16?,17?,18-,23?,24?/m0/s1. The summed E-state index contributed by atoms with van der Waals surface area (Å²) in [5.74, 6) is -0.677. The summed E-state index contributed by atoms with van der Waals surface area (Å²) >= 11 is 0. The van der Waals surface area contributed by atoms with Crippen LogP contribution >= 0.6 is 0 Å². The van der Waals surface area contributed by atoms with Crippen molar-refractivity contribution in [2.75, 3.05) is 6.61 Å². The molecule has 5 aliphatic carbocycles. The topological polar surface area (TPSA) is 183 Å². The van der Waals surface area contributed by atoms with E-state index in [9.17, 15) is 24.3 Å². The highest BCUT2D eigenvalue weighted by molar-refractivity contribution is 5.95. The third-order valence-electron chi connectivity index (χ3n) is 10.7. The molecule has 11 nitrogen and oxygen atoms in total. The predicted octanol–water partition coefficient (Wildman–Crippen LogP) is -2.60. The molecule has 7 aliphatic rings. The Morgan fingerprint density at radius 1 is 1.06 bits per heavy atom. The van der Waals surface area contributed by atoms with Crippen molar-refractivity contribution in [1.82, 2.24) is 21.3 Å². The summed E-state index contributed by atoms with van der Waals surface area (Å²) in [6, 6.07) is -2.97. The molecular formula is C24H35N5O6. The van der Waals surface area contributed by atoms with Crippen LogP contribution in [-0.2, 0) is 19.2 Å². The molecule has 14 atom stereocenters. The second-order valence-electron chi connectivity index (χ2n) is 11.9. The van der Waals surface area contributed by atoms with Crippen molar-refractivity contribution in [3.63, 3.8) is 0 Å². The highest BCUT2D eigenvalue weighted by atomic mass is 16.3. The van der Waals surface area contributed by atoms with Crippen LogP contribution in [-0.4, -0.2) is 69.8 Å². The number of hydrogen-bond acceptors (Lipinski definition) is 7. The summed E-state index contributed by atoms with van der Waals surface area (Å²) in [5, 5.41) is 31.9. The average molecular weight is 490 g/mol. The highest BCUT2D eigenvalue weighted by Gasteiger charge is 2.95. The predicted molar refractivity (Wildman–Crippen MR) is 121 cm³/mol. The van der Waals surface area contributed by atoms with E-state index in [0.29, 0.717) is 30.1 Å². The van der Waals surface area contributed by atoms with E-state index in [-0.39, 0.29) is 35.5 Å². The van der Waals surface area contributed by atoms with Gasteiger partial charge in [0.25, 0.3) is 5.91 Å². The van der Waals surface area contributed by atoms with Crippen molar-refractivity contribution in [3.05, 3.63) is 0 Å². The Morgan fingerprint density at radius 2 is 1.71 bits per heavy atom. The molecule has 192 valence electrons. The number of hydrogen-bond donors (Lipinski definition) is 7. The largest absolute Gasteiger partial charge is 0.394 e. The van der Waals surface area contributed by atoms with Gasteiger partial charge in [-0.25, -0.2) is 0 Å². The number of carbonyl (C=O) groups excluding carboxylic acids is 4. The number of nitrogens with one attached hydrogen (secondary N) is 4. The average Bonchev–Trinajstić information content (AvgIpc) is 3.36. The fourth-order valence-corrected chi connectivity index (χ4v) is 9.35. The normalized spacial score (nSPS) is 47.7. The van der Waals surface area contributed by atoms with E-state index in [1.54, 1.807) is 6.92 Å². The first-order valence-electron chi connectivity index (χ1n) is 12.9. The fraction of sp³-hybridized carbons (Fsp3) is 0.833. The number of piperidine rings is 2. The molecule has 35 heavy (non-hydrogen) atoms. The van der Waals surface area contributed by atoms with Crippen LogP contribution in [0.3, 0.4) is 0 Å². The zero-order valence-electron chi connectivity index (χ0n) is 20.2. The van der Waals surface area contributed by atoms with Gasteiger partial charge >= 0.3 is 0 Å². The highest BCUT2D eigenvalue weighted by Crippen LogP contribution is 2.88. The smallest absolute Gasteiger partial charge is 0.254 e. The summed E-state index contributed by atoms with van der Waals surface area (Å²) in [7, 11) is 0. The maximum absolute atomic E-state index is 13.4. The van der Waals surface area contributed by atoms with Gasteiger partial charge in [0.05, 0.1) is 6.61 Å². The molecule has 2 aliphatic heterocycles. The van der Waals surface area contributed by atoms with Gasteiger partial charge < -0.3 is 37.2 Å². The lowest BCUT2D eigenvalue weighted by atomic mass is 9.50. The molecule has 0 aromatic rings. The minimum Gasteiger partial charge on any atom is -0.394 e. The summed E-state index contributed by atoms with van der Waals surface area (Å²) in [6.45, 7) is 4.72. The first kappa shape index (κ1) is 23.2. The van der Waals surface area contributed by atoms with E-state index in [4.69, 9.17) is 10.8 Å². The quantitative estimate of drug-likeness (QED) is 0.185. The maximum Gasteiger partial charge on any atom is 0.254 e. The Balaban J connectivity index is 1.17. The van der Waals surface area contributed by atoms with Crippen molar-refractivity contribution in [3.8, 4) is 0 Å². The molecule has 4 bridgehead atoms. The van der Waals surface area contributed by atoms with Gasteiger partial charge in [-0.15, -0.1) is 0 Å². The molecule has 4 amide bonds. The number of nitrogens with two attached hydrogens (primary N) is 1. The van der Waals surface area contributed by atoms with Gasteiger partial charge in [-0.1, -0.05) is 20.3 Å². The van der Waals surface area contributed by atoms with Gasteiger partial charge in [0, 0.05) is 23.7 Å². The number of rotatable bonds is 9. The third kappa shape index (κ3) is 2.51. The van der Waals surface area contributed by atoms with Gasteiger partial charge in [0.2, 0.25) is 17.7 Å². The molecular weight excluding hydrogens is 454 g/mol. The SMILES string of the molecule is CC[C@H](C)[C@H](NC(=O)[C@@H](N)CO)C(=O)N[C@@H](C)C(=O)NC12NC(=O)C3(O)C4C5CC(C6C5C3C61)C42. The summed E-state index contributed by atoms with van der Waals surface area (Å²) in [4.78, 5) is 51.6. The zero-order valence-corrected chi connectivity index (χ0v) is 20.2. The molecule has 7 rings (SSSR count). The number of aliphatic hydroxyl groups is 2. The van der Waals surface area contributed by atoms with E-state index in [1.807, 2.05) is 13.8 Å². The number of carbonyl (C=O) groups is 4. The molecule has 7 fully saturated rings. The Hall–Kier alpha value is -2.24. The lowest BCUT2D eigenvalue weighted by Crippen LogP contribution is -2.85. The molecule has 0 radical (unpaired) electrons. The van der Waals surface area contributed by atoms with Crippen molar-refractivity contribution in [2.45, 2.75) is 63.0 Å². The zero-order chi connectivity index (χ0) is 25.2. The molecule has 8 N–H and O–H groups in total. The van der Waals surface area contributed by atoms with Gasteiger partial charge in [-0.2, -0.15) is 0 Å². The Labute approximate surface area is 203 Å². The van der Waals surface area contributed by atoms with Crippen molar-refractivity contribution >= 4 is 23.6 Å². The molecule has 2 saturated heterocycles. The second kappa shape index (κ2) is 7.17.